The van der Waals surface area contributed by atoms with Gasteiger partial charge in [0.1, 0.15) is 5.82 Å². The van der Waals surface area contributed by atoms with Gasteiger partial charge in [0.2, 0.25) is 0 Å². The molecular weight excluding hydrogens is 176 g/mol. The molecule has 0 unspecified atom stereocenters. The Hall–Kier alpha value is -1.16. The van der Waals surface area contributed by atoms with Gasteiger partial charge in [0.15, 0.2) is 0 Å². The van der Waals surface area contributed by atoms with Gasteiger partial charge in [-0.1, -0.05) is 0 Å². The van der Waals surface area contributed by atoms with Gasteiger partial charge < -0.3 is 9.80 Å². The lowest BCUT2D eigenvalue weighted by Gasteiger charge is -2.33. The molecule has 1 rings (SSSR count). The molecule has 0 aromatic carbocycles. The van der Waals surface area contributed by atoms with Crippen molar-refractivity contribution in [1.82, 2.24) is 9.80 Å². The van der Waals surface area contributed by atoms with Crippen LogP contribution < -0.4 is 0 Å². The van der Waals surface area contributed by atoms with Crippen molar-refractivity contribution < 1.29 is 0 Å². The lowest BCUT2D eigenvalue weighted by Crippen LogP contribution is -2.43. The zero-order valence-corrected chi connectivity index (χ0v) is 8.98. The molecule has 4 heteroatoms. The Labute approximate surface area is 85.6 Å². The molecule has 78 valence electrons. The zero-order valence-electron chi connectivity index (χ0n) is 8.98. The molecule has 0 aliphatic carbocycles. The molecule has 1 heterocycles. The fourth-order valence-corrected chi connectivity index (χ4v) is 1.45. The Bertz CT molecular complexity index is 237. The Morgan fingerprint density at radius 1 is 1.29 bits per heavy atom. The van der Waals surface area contributed by atoms with Crippen LogP contribution in [0.25, 0.3) is 0 Å². The summed E-state index contributed by atoms with van der Waals surface area (Å²) in [5, 5.41) is 0. The van der Waals surface area contributed by atoms with Gasteiger partial charge in [0, 0.05) is 32.4 Å². The number of piperazine rings is 1. The molecule has 0 saturated carbocycles. The highest BCUT2D eigenvalue weighted by atomic mass is 15.3. The molecule has 0 amide bonds. The third-order valence-corrected chi connectivity index (χ3v) is 2.30. The topological polar surface area (TPSA) is 31.2 Å². The average Bonchev–Trinajstić information content (AvgIpc) is 2.19. The smallest absolute Gasteiger partial charge is 0.146 e. The maximum atomic E-state index is 4.27. The number of rotatable bonds is 3. The summed E-state index contributed by atoms with van der Waals surface area (Å²) in [7, 11) is 2.13. The monoisotopic (exact) mass is 194 g/mol. The van der Waals surface area contributed by atoms with E-state index in [9.17, 15) is 0 Å². The van der Waals surface area contributed by atoms with Gasteiger partial charge in [0.25, 0.3) is 0 Å². The van der Waals surface area contributed by atoms with Crippen molar-refractivity contribution in [1.29, 1.82) is 0 Å². The third kappa shape index (κ3) is 2.96. The SMILES string of the molecule is C=N/C=C(\N=C/C)N1CCN(C)CC1. The first-order valence-corrected chi connectivity index (χ1v) is 4.86. The minimum atomic E-state index is 0.913. The second-order valence-electron chi connectivity index (χ2n) is 3.35. The number of hydrogen-bond acceptors (Lipinski definition) is 4. The van der Waals surface area contributed by atoms with Crippen LogP contribution in [-0.4, -0.2) is 56.0 Å². The van der Waals surface area contributed by atoms with Crippen LogP contribution in [0.15, 0.2) is 22.0 Å². The van der Waals surface area contributed by atoms with E-state index in [4.69, 9.17) is 0 Å². The first-order chi connectivity index (χ1) is 6.77. The van der Waals surface area contributed by atoms with E-state index < -0.39 is 0 Å². The van der Waals surface area contributed by atoms with E-state index in [1.54, 1.807) is 12.4 Å². The van der Waals surface area contributed by atoms with Gasteiger partial charge in [0.05, 0.1) is 6.20 Å². The van der Waals surface area contributed by atoms with Gasteiger partial charge in [-0.2, -0.15) is 0 Å². The number of likely N-dealkylation sites (N-methyl/N-ethyl adjacent to an activating group) is 1. The summed E-state index contributed by atoms with van der Waals surface area (Å²) in [6, 6.07) is 0. The molecule has 0 aromatic rings. The van der Waals surface area contributed by atoms with Crippen LogP contribution in [0.2, 0.25) is 0 Å². The number of hydrogen-bond donors (Lipinski definition) is 0. The van der Waals surface area contributed by atoms with Crippen LogP contribution in [0.3, 0.4) is 0 Å². The highest BCUT2D eigenvalue weighted by Crippen LogP contribution is 2.09. The molecule has 4 nitrogen and oxygen atoms in total. The second-order valence-corrected chi connectivity index (χ2v) is 3.35. The molecule has 0 N–H and O–H groups in total. The molecule has 1 fully saturated rings. The predicted octanol–water partition coefficient (Wildman–Crippen LogP) is 0.824. The van der Waals surface area contributed by atoms with Crippen LogP contribution >= 0.6 is 0 Å². The molecule has 14 heavy (non-hydrogen) atoms. The summed E-state index contributed by atoms with van der Waals surface area (Å²) >= 11 is 0. The molecule has 0 atom stereocenters. The van der Waals surface area contributed by atoms with E-state index in [1.807, 2.05) is 6.92 Å². The largest absolute Gasteiger partial charge is 0.353 e. The summed E-state index contributed by atoms with van der Waals surface area (Å²) in [5.74, 6) is 0.913. The van der Waals surface area contributed by atoms with Crippen molar-refractivity contribution in [3.05, 3.63) is 12.0 Å². The van der Waals surface area contributed by atoms with Crippen molar-refractivity contribution in [3.8, 4) is 0 Å². The highest BCUT2D eigenvalue weighted by Gasteiger charge is 2.15. The molecule has 0 bridgehead atoms. The molecule has 0 spiro atoms. The van der Waals surface area contributed by atoms with Crippen molar-refractivity contribution in [2.75, 3.05) is 33.2 Å². The van der Waals surface area contributed by atoms with Crippen LogP contribution in [0.4, 0.5) is 0 Å². The van der Waals surface area contributed by atoms with Crippen LogP contribution in [0.1, 0.15) is 6.92 Å². The molecule has 1 aliphatic heterocycles. The lowest BCUT2D eigenvalue weighted by molar-refractivity contribution is 0.185. The van der Waals surface area contributed by atoms with Crippen LogP contribution in [-0.2, 0) is 0 Å². The summed E-state index contributed by atoms with van der Waals surface area (Å²) < 4.78 is 0. The molecule has 1 aliphatic rings. The van der Waals surface area contributed by atoms with E-state index in [1.165, 1.54) is 0 Å². The average molecular weight is 194 g/mol. The Kier molecular flexibility index (Phi) is 4.32. The Morgan fingerprint density at radius 2 is 1.93 bits per heavy atom. The second kappa shape index (κ2) is 5.54. The molecule has 0 radical (unpaired) electrons. The number of aliphatic imine (C=N–C) groups is 2. The Morgan fingerprint density at radius 3 is 2.43 bits per heavy atom. The highest BCUT2D eigenvalue weighted by molar-refractivity contribution is 5.55. The van der Waals surface area contributed by atoms with Gasteiger partial charge in [-0.3, -0.25) is 4.99 Å². The van der Waals surface area contributed by atoms with Crippen LogP contribution in [0.5, 0.6) is 0 Å². The summed E-state index contributed by atoms with van der Waals surface area (Å²) in [5.41, 5.74) is 0. The van der Waals surface area contributed by atoms with E-state index >= 15 is 0 Å². The maximum absolute atomic E-state index is 4.27. The summed E-state index contributed by atoms with van der Waals surface area (Å²) in [6.45, 7) is 9.54. The molecular formula is C10H18N4. The van der Waals surface area contributed by atoms with E-state index in [0.717, 1.165) is 32.0 Å². The fraction of sp³-hybridized carbons (Fsp3) is 0.600. The van der Waals surface area contributed by atoms with E-state index in [-0.39, 0.29) is 0 Å². The third-order valence-electron chi connectivity index (χ3n) is 2.30. The summed E-state index contributed by atoms with van der Waals surface area (Å²) in [6.07, 6.45) is 3.50. The first kappa shape index (κ1) is 10.9. The van der Waals surface area contributed by atoms with E-state index in [2.05, 4.69) is 33.5 Å². The Balaban J connectivity index is 2.61. The molecule has 1 saturated heterocycles. The maximum Gasteiger partial charge on any atom is 0.146 e. The van der Waals surface area contributed by atoms with Gasteiger partial charge >= 0.3 is 0 Å². The zero-order chi connectivity index (χ0) is 10.4. The lowest BCUT2D eigenvalue weighted by atomic mass is 10.3. The van der Waals surface area contributed by atoms with Crippen molar-refractivity contribution in [3.63, 3.8) is 0 Å². The van der Waals surface area contributed by atoms with Crippen LogP contribution in [0, 0.1) is 0 Å². The predicted molar refractivity (Wildman–Crippen MR) is 60.9 cm³/mol. The quantitative estimate of drug-likeness (QED) is 0.623. The van der Waals surface area contributed by atoms with E-state index in [0.29, 0.717) is 0 Å². The molecule has 0 aromatic heterocycles. The minimum absolute atomic E-state index is 0.913. The summed E-state index contributed by atoms with van der Waals surface area (Å²) in [4.78, 5) is 12.6. The minimum Gasteiger partial charge on any atom is -0.353 e. The fourth-order valence-electron chi connectivity index (χ4n) is 1.45. The van der Waals surface area contributed by atoms with Crippen molar-refractivity contribution >= 4 is 12.9 Å². The normalized spacial score (nSPS) is 20.4. The standard InChI is InChI=1S/C10H18N4/c1-4-12-10(9-11-2)14-7-5-13(3)6-8-14/h4,9H,2,5-8H2,1,3H3/b10-9+,12-4-. The van der Waals surface area contributed by atoms with Crippen molar-refractivity contribution in [2.24, 2.45) is 9.98 Å². The van der Waals surface area contributed by atoms with Crippen molar-refractivity contribution in [2.45, 2.75) is 6.92 Å². The number of nitrogens with zero attached hydrogens (tertiary/aromatic N) is 4. The first-order valence-electron chi connectivity index (χ1n) is 4.86. The van der Waals surface area contributed by atoms with Gasteiger partial charge in [-0.05, 0) is 20.7 Å². The van der Waals surface area contributed by atoms with Gasteiger partial charge in [-0.15, -0.1) is 0 Å². The van der Waals surface area contributed by atoms with Gasteiger partial charge in [-0.25, -0.2) is 4.99 Å².